The van der Waals surface area contributed by atoms with Gasteiger partial charge in [0.15, 0.2) is 0 Å². The molecule has 0 aromatic rings. The maximum Gasteiger partial charge on any atom is 1.00 e. The van der Waals surface area contributed by atoms with Gasteiger partial charge in [-0.2, -0.15) is 0 Å². The van der Waals surface area contributed by atoms with Crippen LogP contribution < -0.4 is 55.3 Å². The summed E-state index contributed by atoms with van der Waals surface area (Å²) in [5, 5.41) is 42.9. The SMILES string of the molecule is O=C([O-])CC(NC(CC(=O)[O-])C(=O)[O-])C(=O)[O-].[Na+]. The number of hydrogen-bond donors (Lipinski definition) is 1. The van der Waals surface area contributed by atoms with Crippen LogP contribution in [0.1, 0.15) is 12.8 Å². The third-order valence-electron chi connectivity index (χ3n) is 1.71. The Morgan fingerprint density at radius 1 is 0.778 bits per heavy atom. The van der Waals surface area contributed by atoms with E-state index in [1.807, 2.05) is 0 Å². The van der Waals surface area contributed by atoms with Gasteiger partial charge in [0.25, 0.3) is 0 Å². The van der Waals surface area contributed by atoms with E-state index in [1.165, 1.54) is 0 Å². The smallest absolute Gasteiger partial charge is 0.550 e. The number of carbonyl (C=O) groups is 4. The van der Waals surface area contributed by atoms with Crippen LogP contribution in [0.25, 0.3) is 0 Å². The van der Waals surface area contributed by atoms with Crippen molar-refractivity contribution in [2.75, 3.05) is 0 Å². The molecule has 96 valence electrons. The Kier molecular flexibility index (Phi) is 9.45. The number of aliphatic carboxylic acids is 4. The van der Waals surface area contributed by atoms with E-state index in [-0.39, 0.29) is 29.6 Å². The zero-order chi connectivity index (χ0) is 13.6. The summed E-state index contributed by atoms with van der Waals surface area (Å²) in [5.41, 5.74) is 0. The minimum atomic E-state index is -1.90. The molecule has 0 fully saturated rings. The van der Waals surface area contributed by atoms with Crippen LogP contribution in [0.2, 0.25) is 0 Å². The predicted molar refractivity (Wildman–Crippen MR) is 40.0 cm³/mol. The standard InChI is InChI=1S/C8H11NO8.Na/c10-5(11)1-3(7(14)15)9-4(8(16)17)2-6(12)13;/h3-4,9H,1-2H2,(H,10,11)(H,12,13)(H,14,15)(H,16,17);/q;+1/p-4. The van der Waals surface area contributed by atoms with E-state index < -0.39 is 48.8 Å². The molecule has 0 saturated heterocycles. The van der Waals surface area contributed by atoms with Crippen molar-refractivity contribution in [3.63, 3.8) is 0 Å². The number of carboxylic acids is 4. The van der Waals surface area contributed by atoms with Crippen LogP contribution in [0.3, 0.4) is 0 Å². The van der Waals surface area contributed by atoms with Crippen LogP contribution in [-0.2, 0) is 19.2 Å². The van der Waals surface area contributed by atoms with Gasteiger partial charge in [-0.3, -0.25) is 0 Å². The molecule has 0 aromatic carbocycles. The van der Waals surface area contributed by atoms with E-state index >= 15 is 0 Å². The normalized spacial score (nSPS) is 12.9. The van der Waals surface area contributed by atoms with Gasteiger partial charge in [0.2, 0.25) is 0 Å². The van der Waals surface area contributed by atoms with Gasteiger partial charge in [0.1, 0.15) is 0 Å². The Morgan fingerprint density at radius 2 is 1.06 bits per heavy atom. The molecule has 0 rings (SSSR count). The fourth-order valence-corrected chi connectivity index (χ4v) is 0.997. The summed E-state index contributed by atoms with van der Waals surface area (Å²) < 4.78 is 0. The first kappa shape index (κ1) is 19.2. The van der Waals surface area contributed by atoms with Crippen LogP contribution in [-0.4, -0.2) is 36.0 Å². The number of nitrogens with one attached hydrogen (secondary N) is 1. The summed E-state index contributed by atoms with van der Waals surface area (Å²) in [6, 6.07) is -3.80. The maximum absolute atomic E-state index is 10.4. The Hall–Kier alpha value is -1.16. The van der Waals surface area contributed by atoms with Gasteiger partial charge in [0.05, 0.1) is 24.0 Å². The van der Waals surface area contributed by atoms with E-state index in [1.54, 1.807) is 5.32 Å². The molecule has 0 radical (unpaired) electrons. The molecule has 0 bridgehead atoms. The molecule has 0 saturated carbocycles. The quantitative estimate of drug-likeness (QED) is 0.419. The second-order valence-electron chi connectivity index (χ2n) is 3.06. The molecule has 18 heavy (non-hydrogen) atoms. The molecule has 0 aliphatic carbocycles. The average Bonchev–Trinajstić information content (AvgIpc) is 2.13. The maximum atomic E-state index is 10.4. The van der Waals surface area contributed by atoms with Crippen molar-refractivity contribution in [1.29, 1.82) is 0 Å². The van der Waals surface area contributed by atoms with Crippen molar-refractivity contribution in [2.45, 2.75) is 24.9 Å². The van der Waals surface area contributed by atoms with E-state index in [9.17, 15) is 39.6 Å². The van der Waals surface area contributed by atoms with E-state index in [4.69, 9.17) is 0 Å². The Labute approximate surface area is 123 Å². The zero-order valence-electron chi connectivity index (χ0n) is 9.33. The van der Waals surface area contributed by atoms with Crippen LogP contribution in [0.4, 0.5) is 0 Å². The molecule has 0 aromatic heterocycles. The van der Waals surface area contributed by atoms with E-state index in [2.05, 4.69) is 0 Å². The van der Waals surface area contributed by atoms with Gasteiger partial charge in [-0.1, -0.05) is 0 Å². The fourth-order valence-electron chi connectivity index (χ4n) is 0.997. The number of rotatable bonds is 8. The van der Waals surface area contributed by atoms with Gasteiger partial charge in [-0.25, -0.2) is 0 Å². The predicted octanol–water partition coefficient (Wildman–Crippen LogP) is -9.90. The summed E-state index contributed by atoms with van der Waals surface area (Å²) in [4.78, 5) is 41.2. The van der Waals surface area contributed by atoms with Crippen LogP contribution in [0.15, 0.2) is 0 Å². The van der Waals surface area contributed by atoms with Crippen molar-refractivity contribution in [3.8, 4) is 0 Å². The number of carbonyl (C=O) groups excluding carboxylic acids is 4. The molecule has 0 aliphatic rings. The molecular weight excluding hydrogens is 261 g/mol. The third-order valence-corrected chi connectivity index (χ3v) is 1.71. The molecule has 9 nitrogen and oxygen atoms in total. The van der Waals surface area contributed by atoms with Gasteiger partial charge in [-0.05, 0) is 0 Å². The Bertz CT molecular complexity index is 312. The topological polar surface area (TPSA) is 173 Å². The van der Waals surface area contributed by atoms with Crippen LogP contribution in [0, 0.1) is 0 Å². The molecule has 2 unspecified atom stereocenters. The van der Waals surface area contributed by atoms with Crippen LogP contribution in [0.5, 0.6) is 0 Å². The molecule has 1 N–H and O–H groups in total. The van der Waals surface area contributed by atoms with Crippen molar-refractivity contribution in [2.24, 2.45) is 0 Å². The van der Waals surface area contributed by atoms with Gasteiger partial charge < -0.3 is 44.9 Å². The summed E-state index contributed by atoms with van der Waals surface area (Å²) >= 11 is 0. The van der Waals surface area contributed by atoms with Crippen molar-refractivity contribution >= 4 is 23.9 Å². The largest absolute Gasteiger partial charge is 1.00 e. The Morgan fingerprint density at radius 3 is 1.22 bits per heavy atom. The van der Waals surface area contributed by atoms with Crippen LogP contribution >= 0.6 is 0 Å². The van der Waals surface area contributed by atoms with Gasteiger partial charge in [-0.15, -0.1) is 0 Å². The summed E-state index contributed by atoms with van der Waals surface area (Å²) in [6.07, 6.45) is -2.14. The molecule has 10 heteroatoms. The summed E-state index contributed by atoms with van der Waals surface area (Å²) in [7, 11) is 0. The third kappa shape index (κ3) is 8.01. The molecule has 0 aliphatic heterocycles. The summed E-state index contributed by atoms with van der Waals surface area (Å²) in [6.45, 7) is 0. The second-order valence-corrected chi connectivity index (χ2v) is 3.06. The van der Waals surface area contributed by atoms with Gasteiger partial charge >= 0.3 is 29.6 Å². The molecule has 0 amide bonds. The minimum Gasteiger partial charge on any atom is -0.550 e. The first-order valence-corrected chi connectivity index (χ1v) is 4.31. The molecule has 0 spiro atoms. The molecule has 0 heterocycles. The Balaban J connectivity index is 0. The summed E-state index contributed by atoms with van der Waals surface area (Å²) in [5.74, 6) is -7.34. The van der Waals surface area contributed by atoms with E-state index in [0.29, 0.717) is 0 Å². The zero-order valence-corrected chi connectivity index (χ0v) is 11.3. The minimum absolute atomic E-state index is 0. The average molecular weight is 268 g/mol. The number of carboxylic acid groups (broad SMARTS) is 4. The fraction of sp³-hybridized carbons (Fsp3) is 0.500. The van der Waals surface area contributed by atoms with E-state index in [0.717, 1.165) is 0 Å². The molecular formula is C8H7NNaO8-3. The molecule has 2 atom stereocenters. The first-order chi connectivity index (χ1) is 7.73. The van der Waals surface area contributed by atoms with Crippen molar-refractivity contribution in [1.82, 2.24) is 5.32 Å². The van der Waals surface area contributed by atoms with Crippen molar-refractivity contribution < 1.29 is 69.2 Å². The number of hydrogen-bond acceptors (Lipinski definition) is 9. The first-order valence-electron chi connectivity index (χ1n) is 4.31. The van der Waals surface area contributed by atoms with Gasteiger partial charge in [0, 0.05) is 24.8 Å². The monoisotopic (exact) mass is 268 g/mol. The van der Waals surface area contributed by atoms with Crippen molar-refractivity contribution in [3.05, 3.63) is 0 Å². The second kappa shape index (κ2) is 8.86.